The van der Waals surface area contributed by atoms with E-state index in [1.54, 1.807) is 12.1 Å². The van der Waals surface area contributed by atoms with Crippen molar-refractivity contribution in [3.8, 4) is 0 Å². The first-order chi connectivity index (χ1) is 4.74. The minimum Gasteiger partial charge on any atom is -0.207 e. The van der Waals surface area contributed by atoms with Crippen LogP contribution in [0.4, 0.5) is 4.39 Å². The minimum atomic E-state index is -0.130. The molecular weight excluding hydrogens is 127 g/mol. The molecule has 0 saturated heterocycles. The molecule has 0 nitrogen and oxygen atoms in total. The predicted octanol–water partition coefficient (Wildman–Crippen LogP) is 2.57. The van der Waals surface area contributed by atoms with E-state index in [0.717, 1.165) is 17.5 Å². The van der Waals surface area contributed by atoms with Gasteiger partial charge in [-0.2, -0.15) is 0 Å². The van der Waals surface area contributed by atoms with Crippen LogP contribution >= 0.6 is 0 Å². The highest BCUT2D eigenvalue weighted by molar-refractivity contribution is 5.26. The van der Waals surface area contributed by atoms with Gasteiger partial charge in [-0.15, -0.1) is 0 Å². The number of benzene rings is 1. The molecule has 1 rings (SSSR count). The Hall–Kier alpha value is -0.850. The molecule has 1 heteroatoms. The van der Waals surface area contributed by atoms with Crippen LogP contribution in [0.25, 0.3) is 0 Å². The maximum atomic E-state index is 12.7. The molecular formula is C9H10F. The molecule has 0 aromatic heterocycles. The summed E-state index contributed by atoms with van der Waals surface area (Å²) in [6.45, 7) is 5.63. The first-order valence-electron chi connectivity index (χ1n) is 3.34. The van der Waals surface area contributed by atoms with Gasteiger partial charge in [-0.25, -0.2) is 4.39 Å². The Bertz CT molecular complexity index is 228. The summed E-state index contributed by atoms with van der Waals surface area (Å²) in [6.07, 6.45) is 0.731. The largest absolute Gasteiger partial charge is 0.207 e. The maximum Gasteiger partial charge on any atom is 0.126 e. The van der Waals surface area contributed by atoms with E-state index in [1.165, 1.54) is 6.07 Å². The average Bonchev–Trinajstić information content (AvgIpc) is 1.94. The molecule has 1 aromatic carbocycles. The maximum absolute atomic E-state index is 12.7. The van der Waals surface area contributed by atoms with Gasteiger partial charge in [0.05, 0.1) is 0 Å². The van der Waals surface area contributed by atoms with E-state index >= 15 is 0 Å². The molecule has 0 N–H and O–H groups in total. The lowest BCUT2D eigenvalue weighted by Gasteiger charge is -1.98. The Morgan fingerprint density at radius 1 is 1.50 bits per heavy atom. The highest BCUT2D eigenvalue weighted by atomic mass is 19.1. The van der Waals surface area contributed by atoms with Gasteiger partial charge < -0.3 is 0 Å². The second kappa shape index (κ2) is 2.82. The summed E-state index contributed by atoms with van der Waals surface area (Å²) in [5.41, 5.74) is 1.62. The van der Waals surface area contributed by atoms with Gasteiger partial charge in [-0.05, 0) is 30.5 Å². The molecule has 53 valence electrons. The van der Waals surface area contributed by atoms with E-state index in [4.69, 9.17) is 0 Å². The third-order valence-corrected chi connectivity index (χ3v) is 1.49. The SMILES string of the molecule is [CH2]c1ccc(F)c(CC)c1. The van der Waals surface area contributed by atoms with E-state index in [0.29, 0.717) is 0 Å². The van der Waals surface area contributed by atoms with Crippen molar-refractivity contribution in [2.75, 3.05) is 0 Å². The Morgan fingerprint density at radius 3 is 2.70 bits per heavy atom. The summed E-state index contributed by atoms with van der Waals surface area (Å²) < 4.78 is 12.7. The van der Waals surface area contributed by atoms with Crippen LogP contribution in [-0.4, -0.2) is 0 Å². The van der Waals surface area contributed by atoms with Gasteiger partial charge in [-0.1, -0.05) is 19.1 Å². The lowest BCUT2D eigenvalue weighted by Crippen LogP contribution is -1.87. The van der Waals surface area contributed by atoms with Crippen molar-refractivity contribution in [2.45, 2.75) is 13.3 Å². The smallest absolute Gasteiger partial charge is 0.126 e. The van der Waals surface area contributed by atoms with Crippen LogP contribution in [0.5, 0.6) is 0 Å². The Labute approximate surface area is 60.7 Å². The number of aryl methyl sites for hydroxylation is 1. The Morgan fingerprint density at radius 2 is 2.20 bits per heavy atom. The summed E-state index contributed by atoms with van der Waals surface area (Å²) >= 11 is 0. The summed E-state index contributed by atoms with van der Waals surface area (Å²) in [6, 6.07) is 4.91. The molecule has 10 heavy (non-hydrogen) atoms. The van der Waals surface area contributed by atoms with E-state index in [2.05, 4.69) is 6.92 Å². The normalized spacial score (nSPS) is 9.90. The van der Waals surface area contributed by atoms with E-state index in [1.807, 2.05) is 6.92 Å². The number of halogens is 1. The monoisotopic (exact) mass is 137 g/mol. The quantitative estimate of drug-likeness (QED) is 0.558. The second-order valence-corrected chi connectivity index (χ2v) is 2.28. The zero-order valence-electron chi connectivity index (χ0n) is 6.02. The topological polar surface area (TPSA) is 0 Å². The van der Waals surface area contributed by atoms with Crippen LogP contribution in [-0.2, 0) is 6.42 Å². The molecule has 0 unspecified atom stereocenters. The number of hydrogen-bond donors (Lipinski definition) is 0. The van der Waals surface area contributed by atoms with Gasteiger partial charge in [0.2, 0.25) is 0 Å². The minimum absolute atomic E-state index is 0.130. The highest BCUT2D eigenvalue weighted by Gasteiger charge is 1.97. The molecule has 0 fully saturated rings. The Kier molecular flexibility index (Phi) is 2.05. The van der Waals surface area contributed by atoms with Crippen molar-refractivity contribution < 1.29 is 4.39 Å². The van der Waals surface area contributed by atoms with Gasteiger partial charge in [0.25, 0.3) is 0 Å². The number of hydrogen-bond acceptors (Lipinski definition) is 0. The standard InChI is InChI=1S/C9H10F/c1-3-8-6-7(2)4-5-9(8)10/h4-6H,2-3H2,1H3. The third kappa shape index (κ3) is 1.35. The van der Waals surface area contributed by atoms with Gasteiger partial charge >= 0.3 is 0 Å². The lowest BCUT2D eigenvalue weighted by atomic mass is 10.1. The van der Waals surface area contributed by atoms with Gasteiger partial charge in [0.1, 0.15) is 5.82 Å². The van der Waals surface area contributed by atoms with Crippen molar-refractivity contribution in [2.24, 2.45) is 0 Å². The Balaban J connectivity index is 3.09. The molecule has 0 saturated carbocycles. The molecule has 0 bridgehead atoms. The zero-order valence-corrected chi connectivity index (χ0v) is 6.02. The zero-order chi connectivity index (χ0) is 7.56. The molecule has 0 aliphatic carbocycles. The van der Waals surface area contributed by atoms with Crippen LogP contribution in [0.1, 0.15) is 18.1 Å². The first kappa shape index (κ1) is 7.26. The van der Waals surface area contributed by atoms with Gasteiger partial charge in [0.15, 0.2) is 0 Å². The van der Waals surface area contributed by atoms with Crippen molar-refractivity contribution >= 4 is 0 Å². The first-order valence-corrected chi connectivity index (χ1v) is 3.34. The van der Waals surface area contributed by atoms with Crippen molar-refractivity contribution in [3.63, 3.8) is 0 Å². The van der Waals surface area contributed by atoms with Crippen LogP contribution in [0.15, 0.2) is 18.2 Å². The summed E-state index contributed by atoms with van der Waals surface area (Å²) in [5.74, 6) is -0.130. The van der Waals surface area contributed by atoms with Crippen molar-refractivity contribution in [3.05, 3.63) is 42.1 Å². The second-order valence-electron chi connectivity index (χ2n) is 2.28. The van der Waals surface area contributed by atoms with Crippen molar-refractivity contribution in [1.29, 1.82) is 0 Å². The third-order valence-electron chi connectivity index (χ3n) is 1.49. The molecule has 0 aliphatic heterocycles. The van der Waals surface area contributed by atoms with E-state index in [9.17, 15) is 4.39 Å². The van der Waals surface area contributed by atoms with Gasteiger partial charge in [-0.3, -0.25) is 0 Å². The summed E-state index contributed by atoms with van der Waals surface area (Å²) in [7, 11) is 0. The van der Waals surface area contributed by atoms with Gasteiger partial charge in [0, 0.05) is 0 Å². The van der Waals surface area contributed by atoms with Crippen LogP contribution < -0.4 is 0 Å². The fourth-order valence-electron chi connectivity index (χ4n) is 0.899. The molecule has 0 heterocycles. The van der Waals surface area contributed by atoms with Crippen LogP contribution in [0.3, 0.4) is 0 Å². The van der Waals surface area contributed by atoms with Crippen LogP contribution in [0.2, 0.25) is 0 Å². The lowest BCUT2D eigenvalue weighted by molar-refractivity contribution is 0.612. The highest BCUT2D eigenvalue weighted by Crippen LogP contribution is 2.09. The fourth-order valence-corrected chi connectivity index (χ4v) is 0.899. The fraction of sp³-hybridized carbons (Fsp3) is 0.222. The van der Waals surface area contributed by atoms with E-state index in [-0.39, 0.29) is 5.82 Å². The van der Waals surface area contributed by atoms with Crippen molar-refractivity contribution in [1.82, 2.24) is 0 Å². The predicted molar refractivity (Wildman–Crippen MR) is 40.2 cm³/mol. The number of rotatable bonds is 1. The molecule has 0 spiro atoms. The average molecular weight is 137 g/mol. The molecule has 0 aliphatic rings. The molecule has 1 aromatic rings. The summed E-state index contributed by atoms with van der Waals surface area (Å²) in [4.78, 5) is 0. The molecule has 0 amide bonds. The summed E-state index contributed by atoms with van der Waals surface area (Å²) in [5, 5.41) is 0. The van der Waals surface area contributed by atoms with Crippen LogP contribution in [0, 0.1) is 12.7 Å². The molecule has 1 radical (unpaired) electrons. The molecule has 0 atom stereocenters. The van der Waals surface area contributed by atoms with E-state index < -0.39 is 0 Å².